The number of anilines is 2. The van der Waals surface area contributed by atoms with Crippen molar-refractivity contribution >= 4 is 34.1 Å². The Morgan fingerprint density at radius 3 is 2.43 bits per heavy atom. The molecular weight excluding hydrogens is 290 g/mol. The van der Waals surface area contributed by atoms with E-state index >= 15 is 0 Å². The van der Waals surface area contributed by atoms with E-state index in [9.17, 15) is 9.59 Å². The van der Waals surface area contributed by atoms with Gasteiger partial charge in [-0.1, -0.05) is 25.2 Å². The predicted molar refractivity (Wildman–Crippen MR) is 85.7 cm³/mol. The van der Waals surface area contributed by atoms with Crippen molar-refractivity contribution in [2.75, 3.05) is 44.9 Å². The van der Waals surface area contributed by atoms with Crippen molar-refractivity contribution in [3.05, 3.63) is 4.88 Å². The number of nitrogens with one attached hydrogen (secondary N) is 1. The Morgan fingerprint density at radius 2 is 1.95 bits per heavy atom. The van der Waals surface area contributed by atoms with Gasteiger partial charge in [0.25, 0.3) is 5.91 Å². The second-order valence-corrected chi connectivity index (χ2v) is 6.44. The molecule has 0 fully saturated rings. The first kappa shape index (κ1) is 17.2. The average molecular weight is 313 g/mol. The molecule has 7 nitrogen and oxygen atoms in total. The van der Waals surface area contributed by atoms with Crippen molar-refractivity contribution in [2.45, 2.75) is 13.8 Å². The molecule has 1 heterocycles. The third-order valence-electron chi connectivity index (χ3n) is 2.65. The number of nitrogens with two attached hydrogens (primary N) is 1. The summed E-state index contributed by atoms with van der Waals surface area (Å²) < 4.78 is 0. The molecule has 1 aromatic heterocycles. The molecule has 0 aliphatic carbocycles. The first-order valence-corrected chi connectivity index (χ1v) is 7.49. The highest BCUT2D eigenvalue weighted by Crippen LogP contribution is 2.27. The topological polar surface area (TPSA) is 91.6 Å². The monoisotopic (exact) mass is 313 g/mol. The lowest BCUT2D eigenvalue weighted by Gasteiger charge is -2.16. The lowest BCUT2D eigenvalue weighted by molar-refractivity contribution is -0.121. The van der Waals surface area contributed by atoms with Crippen LogP contribution in [-0.2, 0) is 4.79 Å². The van der Waals surface area contributed by atoms with Crippen molar-refractivity contribution in [3.63, 3.8) is 0 Å². The van der Waals surface area contributed by atoms with Gasteiger partial charge in [-0.05, 0) is 5.92 Å². The maximum Gasteiger partial charge on any atom is 0.268 e. The normalized spacial score (nSPS) is 10.6. The predicted octanol–water partition coefficient (Wildman–Crippen LogP) is 0.636. The van der Waals surface area contributed by atoms with Crippen LogP contribution in [0.4, 0.5) is 10.9 Å². The van der Waals surface area contributed by atoms with Gasteiger partial charge in [-0.15, -0.1) is 0 Å². The lowest BCUT2D eigenvalue weighted by atomic mass is 10.2. The average Bonchev–Trinajstić information content (AvgIpc) is 2.77. The quantitative estimate of drug-likeness (QED) is 0.804. The van der Waals surface area contributed by atoms with E-state index in [1.807, 2.05) is 27.9 Å². The standard InChI is InChI=1S/C13H23N5O2S/c1-8(2)6-15-9(19)7-18(5)12(20)10-11(14)16-13(21-10)17(3)4/h8H,6-7,14H2,1-5H3,(H,15,19). The Bertz CT molecular complexity index is 513. The summed E-state index contributed by atoms with van der Waals surface area (Å²) in [5.74, 6) is 0.0890. The molecule has 0 spiro atoms. The molecule has 0 bridgehead atoms. The Hall–Kier alpha value is -1.83. The van der Waals surface area contributed by atoms with Crippen molar-refractivity contribution in [2.24, 2.45) is 5.92 Å². The first-order valence-electron chi connectivity index (χ1n) is 6.68. The zero-order chi connectivity index (χ0) is 16.2. The Kier molecular flexibility index (Phi) is 5.95. The van der Waals surface area contributed by atoms with E-state index in [-0.39, 0.29) is 24.2 Å². The zero-order valence-electron chi connectivity index (χ0n) is 13.1. The second-order valence-electron chi connectivity index (χ2n) is 5.46. The number of hydrogen-bond donors (Lipinski definition) is 2. The highest BCUT2D eigenvalue weighted by Gasteiger charge is 2.21. The highest BCUT2D eigenvalue weighted by atomic mass is 32.1. The summed E-state index contributed by atoms with van der Waals surface area (Å²) in [6.07, 6.45) is 0. The minimum Gasteiger partial charge on any atom is -0.382 e. The molecule has 1 aromatic rings. The summed E-state index contributed by atoms with van der Waals surface area (Å²) in [5.41, 5.74) is 5.77. The number of nitrogens with zero attached hydrogens (tertiary/aromatic N) is 3. The number of carbonyl (C=O) groups excluding carboxylic acids is 2. The molecule has 0 saturated carbocycles. The van der Waals surface area contributed by atoms with E-state index in [0.29, 0.717) is 22.5 Å². The van der Waals surface area contributed by atoms with E-state index in [1.165, 1.54) is 16.2 Å². The molecule has 8 heteroatoms. The molecule has 0 aromatic carbocycles. The molecule has 21 heavy (non-hydrogen) atoms. The first-order chi connectivity index (χ1) is 9.72. The Morgan fingerprint density at radius 1 is 1.33 bits per heavy atom. The van der Waals surface area contributed by atoms with Gasteiger partial charge in [-0.25, -0.2) is 4.98 Å². The fourth-order valence-corrected chi connectivity index (χ4v) is 2.40. The summed E-state index contributed by atoms with van der Waals surface area (Å²) in [5, 5.41) is 3.43. The lowest BCUT2D eigenvalue weighted by Crippen LogP contribution is -2.39. The van der Waals surface area contributed by atoms with Gasteiger partial charge in [0.15, 0.2) is 5.13 Å². The maximum absolute atomic E-state index is 12.3. The van der Waals surface area contributed by atoms with Crippen LogP contribution in [0.3, 0.4) is 0 Å². The van der Waals surface area contributed by atoms with Crippen LogP contribution in [-0.4, -0.2) is 55.9 Å². The maximum atomic E-state index is 12.3. The molecule has 3 N–H and O–H groups in total. The molecule has 0 atom stereocenters. The molecule has 0 radical (unpaired) electrons. The molecule has 1 rings (SSSR count). The zero-order valence-corrected chi connectivity index (χ0v) is 14.0. The molecule has 0 unspecified atom stereocenters. The van der Waals surface area contributed by atoms with Crippen LogP contribution < -0.4 is 16.0 Å². The van der Waals surface area contributed by atoms with Crippen molar-refractivity contribution in [1.29, 1.82) is 0 Å². The minimum atomic E-state index is -0.294. The molecule has 0 saturated heterocycles. The number of aromatic nitrogens is 1. The van der Waals surface area contributed by atoms with Gasteiger partial charge in [-0.2, -0.15) is 0 Å². The van der Waals surface area contributed by atoms with Crippen molar-refractivity contribution in [1.82, 2.24) is 15.2 Å². The molecule has 0 aliphatic rings. The number of thiazole rings is 1. The van der Waals surface area contributed by atoms with Crippen LogP contribution in [0.2, 0.25) is 0 Å². The molecular formula is C13H23N5O2S. The number of rotatable bonds is 6. The number of hydrogen-bond acceptors (Lipinski definition) is 6. The third-order valence-corrected chi connectivity index (χ3v) is 3.88. The Labute approximate surface area is 129 Å². The number of likely N-dealkylation sites (N-methyl/N-ethyl adjacent to an activating group) is 1. The van der Waals surface area contributed by atoms with E-state index in [2.05, 4.69) is 10.3 Å². The Balaban J connectivity index is 2.68. The number of carbonyl (C=O) groups is 2. The van der Waals surface area contributed by atoms with Gasteiger partial charge in [-0.3, -0.25) is 9.59 Å². The van der Waals surface area contributed by atoms with E-state index in [4.69, 9.17) is 5.73 Å². The van der Waals surface area contributed by atoms with Gasteiger partial charge < -0.3 is 20.9 Å². The van der Waals surface area contributed by atoms with Crippen LogP contribution in [0.5, 0.6) is 0 Å². The third kappa shape index (κ3) is 4.89. The summed E-state index contributed by atoms with van der Waals surface area (Å²) in [6.45, 7) is 4.61. The minimum absolute atomic E-state index is 0.000189. The SMILES string of the molecule is CC(C)CNC(=O)CN(C)C(=O)c1sc(N(C)C)nc1N. The fourth-order valence-electron chi connectivity index (χ4n) is 1.50. The summed E-state index contributed by atoms with van der Waals surface area (Å²) in [7, 11) is 5.23. The number of nitrogen functional groups attached to an aromatic ring is 1. The van der Waals surface area contributed by atoms with Crippen LogP contribution in [0.25, 0.3) is 0 Å². The van der Waals surface area contributed by atoms with Gasteiger partial charge in [0.05, 0.1) is 6.54 Å². The van der Waals surface area contributed by atoms with Gasteiger partial charge in [0.2, 0.25) is 5.91 Å². The summed E-state index contributed by atoms with van der Waals surface area (Å²) in [6, 6.07) is 0. The molecule has 0 aliphatic heterocycles. The smallest absolute Gasteiger partial charge is 0.268 e. The highest BCUT2D eigenvalue weighted by molar-refractivity contribution is 7.18. The van der Waals surface area contributed by atoms with E-state index in [0.717, 1.165) is 0 Å². The van der Waals surface area contributed by atoms with Gasteiger partial charge in [0, 0.05) is 27.7 Å². The van der Waals surface area contributed by atoms with Crippen molar-refractivity contribution < 1.29 is 9.59 Å². The van der Waals surface area contributed by atoms with Crippen LogP contribution in [0, 0.1) is 5.92 Å². The fraction of sp³-hybridized carbons (Fsp3) is 0.615. The molecule has 118 valence electrons. The van der Waals surface area contributed by atoms with Crippen molar-refractivity contribution in [3.8, 4) is 0 Å². The summed E-state index contributed by atoms with van der Waals surface area (Å²) in [4.78, 5) is 31.6. The van der Waals surface area contributed by atoms with E-state index < -0.39 is 0 Å². The van der Waals surface area contributed by atoms with Crippen LogP contribution >= 0.6 is 11.3 Å². The van der Waals surface area contributed by atoms with Crippen LogP contribution in [0.15, 0.2) is 0 Å². The number of amides is 2. The van der Waals surface area contributed by atoms with Crippen LogP contribution in [0.1, 0.15) is 23.5 Å². The largest absolute Gasteiger partial charge is 0.382 e. The van der Waals surface area contributed by atoms with Gasteiger partial charge >= 0.3 is 0 Å². The van der Waals surface area contributed by atoms with Gasteiger partial charge in [0.1, 0.15) is 10.7 Å². The molecule has 2 amide bonds. The van der Waals surface area contributed by atoms with E-state index in [1.54, 1.807) is 11.9 Å². The summed E-state index contributed by atoms with van der Waals surface area (Å²) >= 11 is 1.22. The second kappa shape index (κ2) is 7.26.